The molecule has 2 aromatic carbocycles. The number of benzene rings is 2. The summed E-state index contributed by atoms with van der Waals surface area (Å²) >= 11 is 6.47. The summed E-state index contributed by atoms with van der Waals surface area (Å²) in [7, 11) is -4.22. The van der Waals surface area contributed by atoms with Gasteiger partial charge in [0.15, 0.2) is 0 Å². The molecule has 0 saturated carbocycles. The number of para-hydroxylation sites is 1. The van der Waals surface area contributed by atoms with Crippen molar-refractivity contribution >= 4 is 38.3 Å². The first-order valence-electron chi connectivity index (χ1n) is 7.67. The van der Waals surface area contributed by atoms with E-state index in [-0.39, 0.29) is 17.0 Å². The molecule has 0 radical (unpaired) electrons. The largest absolute Gasteiger partial charge is 0.422 e. The second kappa shape index (κ2) is 6.54. The van der Waals surface area contributed by atoms with Crippen molar-refractivity contribution in [2.24, 2.45) is 0 Å². The van der Waals surface area contributed by atoms with Gasteiger partial charge in [-0.3, -0.25) is 4.79 Å². The van der Waals surface area contributed by atoms with E-state index < -0.39 is 20.2 Å². The molecule has 0 saturated heterocycles. The average Bonchev–Trinajstić information content (AvgIpc) is 3.06. The third-order valence-electron chi connectivity index (χ3n) is 3.78. The number of H-pyrrole nitrogens is 1. The van der Waals surface area contributed by atoms with Gasteiger partial charge in [0.2, 0.25) is 9.84 Å². The van der Waals surface area contributed by atoms with Gasteiger partial charge in [0, 0.05) is 11.9 Å². The van der Waals surface area contributed by atoms with Crippen molar-refractivity contribution in [3.8, 4) is 0 Å². The van der Waals surface area contributed by atoms with Crippen LogP contribution in [-0.4, -0.2) is 19.4 Å². The monoisotopic (exact) mass is 377 g/mol. The molecule has 0 aliphatic carbocycles. The summed E-state index contributed by atoms with van der Waals surface area (Å²) in [6.45, 7) is 1.57. The van der Waals surface area contributed by atoms with E-state index in [1.165, 1.54) is 12.1 Å². The zero-order valence-electron chi connectivity index (χ0n) is 13.4. The Balaban J connectivity index is 2.21. The number of esters is 1. The van der Waals surface area contributed by atoms with E-state index >= 15 is 0 Å². The van der Waals surface area contributed by atoms with E-state index in [0.29, 0.717) is 5.52 Å². The molecule has 0 spiro atoms. The van der Waals surface area contributed by atoms with Gasteiger partial charge in [0.05, 0.1) is 10.6 Å². The minimum Gasteiger partial charge on any atom is -0.422 e. The number of hydrogen-bond donors (Lipinski definition) is 1. The summed E-state index contributed by atoms with van der Waals surface area (Å²) in [6.07, 6.45) is -0.000984. The van der Waals surface area contributed by atoms with Crippen LogP contribution in [0.2, 0.25) is 0 Å². The molecule has 1 N–H and O–H groups in total. The topological polar surface area (TPSA) is 76.2 Å². The van der Waals surface area contributed by atoms with Crippen LogP contribution in [0.25, 0.3) is 10.9 Å². The SMILES string of the molecule is CCC(=O)OC(Cl)(c1cc2ccccc2[nH]1)S(=O)(=O)c1ccccc1. The van der Waals surface area contributed by atoms with Crippen LogP contribution in [0.5, 0.6) is 0 Å². The Morgan fingerprint density at radius 2 is 1.76 bits per heavy atom. The van der Waals surface area contributed by atoms with Crippen LogP contribution >= 0.6 is 11.6 Å². The molecular weight excluding hydrogens is 362 g/mol. The Morgan fingerprint density at radius 1 is 1.12 bits per heavy atom. The standard InChI is InChI=1S/C18H16ClNO4S/c1-2-17(21)24-18(19,25(22,23)14-9-4-3-5-10-14)16-12-13-8-6-7-11-15(13)20-16/h3-12,20H,2H2,1H3. The lowest BCUT2D eigenvalue weighted by atomic mass is 10.2. The molecule has 1 atom stereocenters. The number of ether oxygens (including phenoxy) is 1. The highest BCUT2D eigenvalue weighted by atomic mass is 35.5. The van der Waals surface area contributed by atoms with Gasteiger partial charge in [-0.15, -0.1) is 0 Å². The minimum absolute atomic E-state index is 0.000984. The molecule has 3 rings (SSSR count). The van der Waals surface area contributed by atoms with E-state index in [1.54, 1.807) is 37.3 Å². The summed E-state index contributed by atoms with van der Waals surface area (Å²) in [5.74, 6) is -0.715. The average molecular weight is 378 g/mol. The van der Waals surface area contributed by atoms with Crippen LogP contribution in [0, 0.1) is 0 Å². The first-order valence-corrected chi connectivity index (χ1v) is 9.53. The molecule has 0 aliphatic heterocycles. The maximum absolute atomic E-state index is 13.2. The number of alkyl halides is 1. The molecular formula is C18H16ClNO4S. The van der Waals surface area contributed by atoms with Crippen LogP contribution in [0.15, 0.2) is 65.6 Å². The van der Waals surface area contributed by atoms with E-state index in [1.807, 2.05) is 18.2 Å². The number of halogens is 1. The number of sulfone groups is 1. The first-order chi connectivity index (χ1) is 11.9. The van der Waals surface area contributed by atoms with Gasteiger partial charge in [0.25, 0.3) is 0 Å². The van der Waals surface area contributed by atoms with Gasteiger partial charge < -0.3 is 9.72 Å². The van der Waals surface area contributed by atoms with Crippen molar-refractivity contribution < 1.29 is 17.9 Å². The predicted molar refractivity (Wildman–Crippen MR) is 95.8 cm³/mol. The van der Waals surface area contributed by atoms with Crippen LogP contribution in [0.3, 0.4) is 0 Å². The fraction of sp³-hybridized carbons (Fsp3) is 0.167. The molecule has 1 unspecified atom stereocenters. The van der Waals surface area contributed by atoms with Crippen LogP contribution < -0.4 is 0 Å². The van der Waals surface area contributed by atoms with Crippen LogP contribution in [-0.2, 0) is 23.8 Å². The predicted octanol–water partition coefficient (Wildman–Crippen LogP) is 3.94. The second-order valence-electron chi connectivity index (χ2n) is 5.45. The summed E-state index contributed by atoms with van der Waals surface area (Å²) in [6, 6.07) is 16.5. The Kier molecular flexibility index (Phi) is 4.58. The highest BCUT2D eigenvalue weighted by molar-refractivity contribution is 7.93. The third kappa shape index (κ3) is 3.03. The van der Waals surface area contributed by atoms with Crippen molar-refractivity contribution in [2.45, 2.75) is 22.6 Å². The van der Waals surface area contributed by atoms with E-state index in [2.05, 4.69) is 4.98 Å². The highest BCUT2D eigenvalue weighted by Crippen LogP contribution is 2.41. The first kappa shape index (κ1) is 17.5. The van der Waals surface area contributed by atoms with Crippen LogP contribution in [0.4, 0.5) is 0 Å². The molecule has 1 aromatic heterocycles. The van der Waals surface area contributed by atoms with Crippen molar-refractivity contribution in [3.63, 3.8) is 0 Å². The van der Waals surface area contributed by atoms with Gasteiger partial charge >= 0.3 is 10.4 Å². The maximum Gasteiger partial charge on any atom is 0.331 e. The van der Waals surface area contributed by atoms with Crippen molar-refractivity contribution in [1.82, 2.24) is 4.98 Å². The molecule has 1 heterocycles. The number of nitrogens with one attached hydrogen (secondary N) is 1. The lowest BCUT2D eigenvalue weighted by Gasteiger charge is -2.26. The number of carbonyl (C=O) groups excluding carboxylic acids is 1. The highest BCUT2D eigenvalue weighted by Gasteiger charge is 2.50. The van der Waals surface area contributed by atoms with Gasteiger partial charge in [-0.25, -0.2) is 8.42 Å². The summed E-state index contributed by atoms with van der Waals surface area (Å²) in [5, 5.41) is 0.762. The van der Waals surface area contributed by atoms with Gasteiger partial charge in [-0.2, -0.15) is 0 Å². The van der Waals surface area contributed by atoms with Gasteiger partial charge in [-0.1, -0.05) is 54.9 Å². The number of rotatable bonds is 5. The van der Waals surface area contributed by atoms with E-state index in [0.717, 1.165) is 5.39 Å². The lowest BCUT2D eigenvalue weighted by Crippen LogP contribution is -2.35. The molecule has 0 aliphatic rings. The van der Waals surface area contributed by atoms with Crippen LogP contribution in [0.1, 0.15) is 19.0 Å². The van der Waals surface area contributed by atoms with Crippen molar-refractivity contribution in [2.75, 3.05) is 0 Å². The Hall–Kier alpha value is -2.31. The van der Waals surface area contributed by atoms with E-state index in [9.17, 15) is 13.2 Å². The molecule has 5 nitrogen and oxygen atoms in total. The minimum atomic E-state index is -4.22. The number of aromatic amines is 1. The lowest BCUT2D eigenvalue weighted by molar-refractivity contribution is -0.147. The van der Waals surface area contributed by atoms with Gasteiger partial charge in [-0.05, 0) is 29.7 Å². The fourth-order valence-electron chi connectivity index (χ4n) is 2.46. The number of carbonyl (C=O) groups is 1. The van der Waals surface area contributed by atoms with Crippen molar-refractivity contribution in [1.29, 1.82) is 0 Å². The maximum atomic E-state index is 13.2. The molecule has 7 heteroatoms. The summed E-state index contributed by atoms with van der Waals surface area (Å²) < 4.78 is 29.2. The number of aromatic nitrogens is 1. The number of hydrogen-bond acceptors (Lipinski definition) is 4. The van der Waals surface area contributed by atoms with Crippen molar-refractivity contribution in [3.05, 3.63) is 66.4 Å². The quantitative estimate of drug-likeness (QED) is 0.539. The molecule has 25 heavy (non-hydrogen) atoms. The normalized spacial score (nSPS) is 14.2. The third-order valence-corrected chi connectivity index (χ3v) is 6.56. The van der Waals surface area contributed by atoms with Gasteiger partial charge in [0.1, 0.15) is 0 Å². The Bertz CT molecular complexity index is 981. The molecule has 130 valence electrons. The number of fused-ring (bicyclic) bond motifs is 1. The summed E-state index contributed by atoms with van der Waals surface area (Å²) in [4.78, 5) is 14.8. The zero-order chi connectivity index (χ0) is 18.1. The summed E-state index contributed by atoms with van der Waals surface area (Å²) in [5.41, 5.74) is 0.777. The fourth-order valence-corrected chi connectivity index (χ4v) is 4.33. The van der Waals surface area contributed by atoms with E-state index in [4.69, 9.17) is 16.3 Å². The Morgan fingerprint density at radius 3 is 2.40 bits per heavy atom. The molecule has 0 bridgehead atoms. The Labute approximate surface area is 150 Å². The molecule has 0 amide bonds. The molecule has 3 aromatic rings. The second-order valence-corrected chi connectivity index (χ2v) is 8.26. The zero-order valence-corrected chi connectivity index (χ0v) is 15.0. The molecule has 0 fully saturated rings. The smallest absolute Gasteiger partial charge is 0.331 e.